The normalized spacial score (nSPS) is 19.3. The summed E-state index contributed by atoms with van der Waals surface area (Å²) in [6, 6.07) is 1.75. The van der Waals surface area contributed by atoms with E-state index in [4.69, 9.17) is 10.00 Å². The molecule has 4 nitrogen and oxygen atoms in total. The number of amides is 1. The number of methoxy groups -OCH3 is 1. The van der Waals surface area contributed by atoms with Crippen molar-refractivity contribution in [2.45, 2.75) is 57.1 Å². The molecule has 90 valence electrons. The molecule has 4 heteroatoms. The smallest absolute Gasteiger partial charge is 0.223 e. The van der Waals surface area contributed by atoms with Crippen LogP contribution in [-0.4, -0.2) is 24.7 Å². The van der Waals surface area contributed by atoms with Gasteiger partial charge in [-0.15, -0.1) is 0 Å². The van der Waals surface area contributed by atoms with Crippen molar-refractivity contribution >= 4 is 5.91 Å². The highest BCUT2D eigenvalue weighted by Gasteiger charge is 2.39. The van der Waals surface area contributed by atoms with E-state index in [2.05, 4.69) is 11.4 Å². The van der Waals surface area contributed by atoms with E-state index >= 15 is 0 Å². The number of hydrogen-bond donors (Lipinski definition) is 1. The van der Waals surface area contributed by atoms with Crippen LogP contribution in [0.2, 0.25) is 0 Å². The largest absolute Gasteiger partial charge is 0.378 e. The fourth-order valence-corrected chi connectivity index (χ4v) is 2.02. The lowest BCUT2D eigenvalue weighted by Gasteiger charge is -2.40. The van der Waals surface area contributed by atoms with Crippen molar-refractivity contribution in [2.24, 2.45) is 0 Å². The summed E-state index contributed by atoms with van der Waals surface area (Å²) in [4.78, 5) is 11.7. The standard InChI is InChI=1S/C12H20N2O2/c1-3-5-10(9-13)14-11(15)8-12(16-2)6-4-7-12/h10H,3-8H2,1-2H3,(H,14,15). The van der Waals surface area contributed by atoms with Crippen molar-refractivity contribution in [3.05, 3.63) is 0 Å². The molecule has 1 unspecified atom stereocenters. The molecule has 0 heterocycles. The first-order valence-corrected chi connectivity index (χ1v) is 5.90. The Hall–Kier alpha value is -1.08. The van der Waals surface area contributed by atoms with Crippen molar-refractivity contribution in [1.29, 1.82) is 5.26 Å². The molecule has 1 fully saturated rings. The monoisotopic (exact) mass is 224 g/mol. The van der Waals surface area contributed by atoms with Gasteiger partial charge in [-0.2, -0.15) is 5.26 Å². The number of rotatable bonds is 6. The van der Waals surface area contributed by atoms with E-state index in [0.717, 1.165) is 25.7 Å². The van der Waals surface area contributed by atoms with Crippen LogP contribution in [0, 0.1) is 11.3 Å². The second kappa shape index (κ2) is 5.86. The molecule has 0 spiro atoms. The molecule has 1 N–H and O–H groups in total. The Morgan fingerprint density at radius 2 is 2.31 bits per heavy atom. The SMILES string of the molecule is CCCC(C#N)NC(=O)CC1(OC)CCC1. The highest BCUT2D eigenvalue weighted by Crippen LogP contribution is 2.37. The summed E-state index contributed by atoms with van der Waals surface area (Å²) in [5.74, 6) is -0.0680. The molecule has 1 amide bonds. The van der Waals surface area contributed by atoms with E-state index in [1.54, 1.807) is 7.11 Å². The molecular weight excluding hydrogens is 204 g/mol. The number of carbonyl (C=O) groups excluding carboxylic acids is 1. The van der Waals surface area contributed by atoms with Crippen LogP contribution in [0.25, 0.3) is 0 Å². The van der Waals surface area contributed by atoms with Crippen LogP contribution in [0.5, 0.6) is 0 Å². The van der Waals surface area contributed by atoms with Crippen LogP contribution < -0.4 is 5.32 Å². The number of carbonyl (C=O) groups is 1. The number of hydrogen-bond acceptors (Lipinski definition) is 3. The average molecular weight is 224 g/mol. The first kappa shape index (κ1) is 13.0. The van der Waals surface area contributed by atoms with E-state index in [0.29, 0.717) is 12.8 Å². The van der Waals surface area contributed by atoms with Gasteiger partial charge in [-0.25, -0.2) is 0 Å². The van der Waals surface area contributed by atoms with E-state index in [1.165, 1.54) is 0 Å². The summed E-state index contributed by atoms with van der Waals surface area (Å²) < 4.78 is 5.38. The third-order valence-electron chi connectivity index (χ3n) is 3.25. The first-order valence-electron chi connectivity index (χ1n) is 5.90. The minimum Gasteiger partial charge on any atom is -0.378 e. The number of ether oxygens (including phenoxy) is 1. The summed E-state index contributed by atoms with van der Waals surface area (Å²) in [6.45, 7) is 2.00. The van der Waals surface area contributed by atoms with Crippen LogP contribution in [0.1, 0.15) is 45.4 Å². The molecule has 0 bridgehead atoms. The van der Waals surface area contributed by atoms with Crippen molar-refractivity contribution < 1.29 is 9.53 Å². The molecule has 1 atom stereocenters. The third kappa shape index (κ3) is 3.21. The lowest BCUT2D eigenvalue weighted by atomic mass is 9.77. The van der Waals surface area contributed by atoms with Gasteiger partial charge in [-0.05, 0) is 25.7 Å². The third-order valence-corrected chi connectivity index (χ3v) is 3.25. The van der Waals surface area contributed by atoms with Crippen LogP contribution in [0.4, 0.5) is 0 Å². The topological polar surface area (TPSA) is 62.1 Å². The van der Waals surface area contributed by atoms with Crippen molar-refractivity contribution in [3.63, 3.8) is 0 Å². The zero-order valence-corrected chi connectivity index (χ0v) is 10.1. The van der Waals surface area contributed by atoms with Gasteiger partial charge in [0.2, 0.25) is 5.91 Å². The summed E-state index contributed by atoms with van der Waals surface area (Å²) in [5.41, 5.74) is -0.254. The van der Waals surface area contributed by atoms with Crippen molar-refractivity contribution in [2.75, 3.05) is 7.11 Å². The van der Waals surface area contributed by atoms with Gasteiger partial charge in [0, 0.05) is 7.11 Å². The highest BCUT2D eigenvalue weighted by atomic mass is 16.5. The second-order valence-electron chi connectivity index (χ2n) is 4.46. The highest BCUT2D eigenvalue weighted by molar-refractivity contribution is 5.77. The van der Waals surface area contributed by atoms with Gasteiger partial charge in [0.15, 0.2) is 0 Å². The molecule has 0 aromatic heterocycles. The maximum atomic E-state index is 11.7. The van der Waals surface area contributed by atoms with Gasteiger partial charge in [0.05, 0.1) is 18.1 Å². The maximum Gasteiger partial charge on any atom is 0.223 e. The molecular formula is C12H20N2O2. The van der Waals surface area contributed by atoms with Gasteiger partial charge in [0.25, 0.3) is 0 Å². The van der Waals surface area contributed by atoms with E-state index < -0.39 is 0 Å². The predicted octanol–water partition coefficient (Wildman–Crippen LogP) is 1.75. The van der Waals surface area contributed by atoms with Gasteiger partial charge in [-0.1, -0.05) is 13.3 Å². The number of nitrogens with one attached hydrogen (secondary N) is 1. The molecule has 0 aromatic rings. The van der Waals surface area contributed by atoms with Crippen molar-refractivity contribution in [1.82, 2.24) is 5.32 Å². The zero-order chi connectivity index (χ0) is 12.0. The minimum atomic E-state index is -0.355. The summed E-state index contributed by atoms with van der Waals surface area (Å²) in [6.07, 6.45) is 5.00. The molecule has 0 aliphatic heterocycles. The molecule has 1 saturated carbocycles. The van der Waals surface area contributed by atoms with Gasteiger partial charge >= 0.3 is 0 Å². The molecule has 1 aliphatic carbocycles. The molecule has 1 rings (SSSR count). The maximum absolute atomic E-state index is 11.7. The van der Waals surface area contributed by atoms with E-state index in [-0.39, 0.29) is 17.6 Å². The van der Waals surface area contributed by atoms with Crippen LogP contribution >= 0.6 is 0 Å². The van der Waals surface area contributed by atoms with Gasteiger partial charge in [0.1, 0.15) is 6.04 Å². The Labute approximate surface area is 97.0 Å². The average Bonchev–Trinajstić information content (AvgIpc) is 2.23. The summed E-state index contributed by atoms with van der Waals surface area (Å²) in [7, 11) is 1.65. The van der Waals surface area contributed by atoms with E-state index in [9.17, 15) is 4.79 Å². The molecule has 0 radical (unpaired) electrons. The zero-order valence-electron chi connectivity index (χ0n) is 10.1. The summed E-state index contributed by atoms with van der Waals surface area (Å²) >= 11 is 0. The Balaban J connectivity index is 2.37. The molecule has 0 aromatic carbocycles. The first-order chi connectivity index (χ1) is 7.65. The number of nitrogens with zero attached hydrogens (tertiary/aromatic N) is 1. The van der Waals surface area contributed by atoms with Crippen LogP contribution in [0.3, 0.4) is 0 Å². The quantitative estimate of drug-likeness (QED) is 0.747. The predicted molar refractivity (Wildman–Crippen MR) is 60.7 cm³/mol. The fourth-order valence-electron chi connectivity index (χ4n) is 2.02. The second-order valence-corrected chi connectivity index (χ2v) is 4.46. The van der Waals surface area contributed by atoms with Crippen LogP contribution in [-0.2, 0) is 9.53 Å². The van der Waals surface area contributed by atoms with Crippen LogP contribution in [0.15, 0.2) is 0 Å². The van der Waals surface area contributed by atoms with Crippen molar-refractivity contribution in [3.8, 4) is 6.07 Å². The van der Waals surface area contributed by atoms with Gasteiger partial charge in [-0.3, -0.25) is 4.79 Å². The Kier molecular flexibility index (Phi) is 4.75. The van der Waals surface area contributed by atoms with Gasteiger partial charge < -0.3 is 10.1 Å². The lowest BCUT2D eigenvalue weighted by molar-refractivity contribution is -0.134. The Morgan fingerprint density at radius 1 is 1.62 bits per heavy atom. The lowest BCUT2D eigenvalue weighted by Crippen LogP contribution is -2.45. The molecule has 16 heavy (non-hydrogen) atoms. The fraction of sp³-hybridized carbons (Fsp3) is 0.833. The summed E-state index contributed by atoms with van der Waals surface area (Å²) in [5, 5.41) is 11.6. The molecule has 0 saturated heterocycles. The molecule has 1 aliphatic rings. The van der Waals surface area contributed by atoms with E-state index in [1.807, 2.05) is 6.92 Å². The number of nitriles is 1. The Morgan fingerprint density at radius 3 is 2.69 bits per heavy atom. The minimum absolute atomic E-state index is 0.0680. The Bertz CT molecular complexity index is 274.